The van der Waals surface area contributed by atoms with Crippen molar-refractivity contribution in [2.45, 2.75) is 13.5 Å². The van der Waals surface area contributed by atoms with Crippen LogP contribution >= 0.6 is 34.8 Å². The lowest BCUT2D eigenvalue weighted by Gasteiger charge is -2.16. The Balaban J connectivity index is 1.59. The van der Waals surface area contributed by atoms with Crippen LogP contribution in [-0.4, -0.2) is 34.7 Å². The largest absolute Gasteiger partial charge is 0.482 e. The molecule has 9 heteroatoms. The fourth-order valence-corrected chi connectivity index (χ4v) is 2.88. The van der Waals surface area contributed by atoms with Gasteiger partial charge in [-0.2, -0.15) is 0 Å². The summed E-state index contributed by atoms with van der Waals surface area (Å²) in [6.45, 7) is 1.92. The number of aromatic nitrogens is 2. The van der Waals surface area contributed by atoms with Crippen LogP contribution in [0.5, 0.6) is 5.75 Å². The molecule has 0 spiro atoms. The zero-order chi connectivity index (χ0) is 20.3. The second-order valence-corrected chi connectivity index (χ2v) is 7.32. The highest BCUT2D eigenvalue weighted by atomic mass is 35.5. The third-order valence-corrected chi connectivity index (χ3v) is 4.91. The van der Waals surface area contributed by atoms with E-state index in [1.165, 1.54) is 17.0 Å². The van der Waals surface area contributed by atoms with Crippen molar-refractivity contribution in [2.24, 2.45) is 0 Å². The molecule has 0 fully saturated rings. The van der Waals surface area contributed by atoms with Gasteiger partial charge < -0.3 is 14.1 Å². The van der Waals surface area contributed by atoms with Crippen molar-refractivity contribution in [2.75, 3.05) is 13.7 Å². The van der Waals surface area contributed by atoms with Crippen LogP contribution in [0.15, 0.2) is 40.8 Å². The molecule has 0 aliphatic heterocycles. The summed E-state index contributed by atoms with van der Waals surface area (Å²) in [5.74, 6) is 0.697. The van der Waals surface area contributed by atoms with Crippen LogP contribution < -0.4 is 4.74 Å². The Morgan fingerprint density at radius 2 is 1.75 bits per heavy atom. The minimum Gasteiger partial charge on any atom is -0.482 e. The van der Waals surface area contributed by atoms with Gasteiger partial charge in [0.1, 0.15) is 5.75 Å². The Morgan fingerprint density at radius 1 is 1.07 bits per heavy atom. The normalized spacial score (nSPS) is 10.8. The molecule has 6 nitrogen and oxygen atoms in total. The maximum absolute atomic E-state index is 12.3. The number of hydrogen-bond donors (Lipinski definition) is 0. The third-order valence-electron chi connectivity index (χ3n) is 3.89. The highest BCUT2D eigenvalue weighted by Crippen LogP contribution is 2.33. The zero-order valence-corrected chi connectivity index (χ0v) is 17.3. The standard InChI is InChI=1S/C19H16Cl3N3O3/c1-11-3-5-12(6-4-11)19-24-23-17(28-19)9-25(2)18(26)10-27-16-8-14(21)13(20)7-15(16)22/h3-8H,9-10H2,1-2H3. The number of likely N-dealkylation sites (N-methyl/N-ethyl adjacent to an activating group) is 1. The molecule has 0 aliphatic rings. The lowest BCUT2D eigenvalue weighted by Crippen LogP contribution is -2.31. The van der Waals surface area contributed by atoms with Gasteiger partial charge in [0.15, 0.2) is 6.61 Å². The molecule has 0 radical (unpaired) electrons. The smallest absolute Gasteiger partial charge is 0.260 e. The lowest BCUT2D eigenvalue weighted by molar-refractivity contribution is -0.132. The van der Waals surface area contributed by atoms with Crippen LogP contribution in [0.3, 0.4) is 0 Å². The van der Waals surface area contributed by atoms with Crippen molar-refractivity contribution in [3.05, 3.63) is 62.9 Å². The van der Waals surface area contributed by atoms with Crippen LogP contribution in [0, 0.1) is 6.92 Å². The average Bonchev–Trinajstić information content (AvgIpc) is 3.12. The van der Waals surface area contributed by atoms with Crippen molar-refractivity contribution in [1.29, 1.82) is 0 Å². The number of carbonyl (C=O) groups is 1. The Kier molecular flexibility index (Phi) is 6.44. The molecule has 0 aliphatic carbocycles. The molecular formula is C19H16Cl3N3O3. The number of nitrogens with zero attached hydrogens (tertiary/aromatic N) is 3. The lowest BCUT2D eigenvalue weighted by atomic mass is 10.1. The molecule has 146 valence electrons. The van der Waals surface area contributed by atoms with E-state index >= 15 is 0 Å². The fourth-order valence-electron chi connectivity index (χ4n) is 2.29. The van der Waals surface area contributed by atoms with E-state index < -0.39 is 0 Å². The quantitative estimate of drug-likeness (QED) is 0.502. The molecule has 1 aromatic heterocycles. The summed E-state index contributed by atoms with van der Waals surface area (Å²) in [7, 11) is 1.61. The van der Waals surface area contributed by atoms with E-state index in [-0.39, 0.29) is 34.9 Å². The van der Waals surface area contributed by atoms with Gasteiger partial charge in [-0.3, -0.25) is 4.79 Å². The fraction of sp³-hybridized carbons (Fsp3) is 0.211. The number of hydrogen-bond acceptors (Lipinski definition) is 5. The van der Waals surface area contributed by atoms with Gasteiger partial charge in [0.2, 0.25) is 11.8 Å². The molecule has 0 bridgehead atoms. The second kappa shape index (κ2) is 8.82. The van der Waals surface area contributed by atoms with E-state index in [1.807, 2.05) is 31.2 Å². The van der Waals surface area contributed by atoms with Gasteiger partial charge in [-0.25, -0.2) is 0 Å². The number of halogens is 3. The van der Waals surface area contributed by atoms with Crippen LogP contribution in [0.25, 0.3) is 11.5 Å². The zero-order valence-electron chi connectivity index (χ0n) is 15.1. The summed E-state index contributed by atoms with van der Waals surface area (Å²) in [4.78, 5) is 13.7. The first-order valence-electron chi connectivity index (χ1n) is 8.24. The maximum atomic E-state index is 12.3. The van der Waals surface area contributed by atoms with E-state index in [2.05, 4.69) is 10.2 Å². The summed E-state index contributed by atoms with van der Waals surface area (Å²) in [6.07, 6.45) is 0. The van der Waals surface area contributed by atoms with Gasteiger partial charge in [0.25, 0.3) is 5.91 Å². The number of carbonyl (C=O) groups excluding carboxylic acids is 1. The summed E-state index contributed by atoms with van der Waals surface area (Å²) in [5.41, 5.74) is 1.95. The predicted octanol–water partition coefficient (Wildman–Crippen LogP) is 5.04. The molecular weight excluding hydrogens is 425 g/mol. The van der Waals surface area contributed by atoms with E-state index in [9.17, 15) is 4.79 Å². The molecule has 0 saturated heterocycles. The van der Waals surface area contributed by atoms with Crippen LogP contribution in [0.2, 0.25) is 15.1 Å². The van der Waals surface area contributed by atoms with E-state index in [0.29, 0.717) is 16.8 Å². The maximum Gasteiger partial charge on any atom is 0.260 e. The molecule has 0 saturated carbocycles. The summed E-state index contributed by atoms with van der Waals surface area (Å²) >= 11 is 17.9. The second-order valence-electron chi connectivity index (χ2n) is 6.10. The number of rotatable bonds is 6. The number of ether oxygens (including phenoxy) is 1. The number of benzene rings is 2. The summed E-state index contributed by atoms with van der Waals surface area (Å²) < 4.78 is 11.1. The van der Waals surface area contributed by atoms with Crippen LogP contribution in [-0.2, 0) is 11.3 Å². The third kappa shape index (κ3) is 4.95. The van der Waals surface area contributed by atoms with Crippen LogP contribution in [0.4, 0.5) is 0 Å². The molecule has 0 atom stereocenters. The minimum absolute atomic E-state index is 0.149. The Bertz CT molecular complexity index is 990. The topological polar surface area (TPSA) is 68.5 Å². The van der Waals surface area contributed by atoms with Gasteiger partial charge in [-0.05, 0) is 25.1 Å². The average molecular weight is 441 g/mol. The highest BCUT2D eigenvalue weighted by molar-refractivity contribution is 6.43. The molecule has 0 N–H and O–H groups in total. The Labute approximate surface area is 177 Å². The van der Waals surface area contributed by atoms with Crippen molar-refractivity contribution in [1.82, 2.24) is 15.1 Å². The minimum atomic E-state index is -0.294. The highest BCUT2D eigenvalue weighted by Gasteiger charge is 2.16. The molecule has 28 heavy (non-hydrogen) atoms. The van der Waals surface area contributed by atoms with Gasteiger partial charge >= 0.3 is 0 Å². The van der Waals surface area contributed by atoms with Gasteiger partial charge in [-0.15, -0.1) is 10.2 Å². The van der Waals surface area contributed by atoms with Crippen molar-refractivity contribution in [3.63, 3.8) is 0 Å². The van der Waals surface area contributed by atoms with Crippen LogP contribution in [0.1, 0.15) is 11.5 Å². The SMILES string of the molecule is Cc1ccc(-c2nnc(CN(C)C(=O)COc3cc(Cl)c(Cl)cc3Cl)o2)cc1. The molecule has 1 amide bonds. The monoisotopic (exact) mass is 439 g/mol. The summed E-state index contributed by atoms with van der Waals surface area (Å²) in [6, 6.07) is 10.6. The van der Waals surface area contributed by atoms with E-state index in [1.54, 1.807) is 7.05 Å². The first-order valence-corrected chi connectivity index (χ1v) is 9.37. The predicted molar refractivity (Wildman–Crippen MR) is 108 cm³/mol. The van der Waals surface area contributed by atoms with Gasteiger partial charge in [-0.1, -0.05) is 52.5 Å². The number of amides is 1. The van der Waals surface area contributed by atoms with Crippen molar-refractivity contribution < 1.29 is 13.9 Å². The molecule has 3 aromatic rings. The molecule has 3 rings (SSSR count). The summed E-state index contributed by atoms with van der Waals surface area (Å²) in [5, 5.41) is 8.87. The molecule has 0 unspecified atom stereocenters. The Morgan fingerprint density at radius 3 is 2.46 bits per heavy atom. The van der Waals surface area contributed by atoms with E-state index in [0.717, 1.165) is 11.1 Å². The first-order chi connectivity index (χ1) is 13.3. The van der Waals surface area contributed by atoms with Gasteiger partial charge in [0.05, 0.1) is 21.6 Å². The molecule has 1 heterocycles. The van der Waals surface area contributed by atoms with E-state index in [4.69, 9.17) is 44.0 Å². The van der Waals surface area contributed by atoms with Gasteiger partial charge in [0, 0.05) is 18.7 Å². The van der Waals surface area contributed by atoms with Crippen molar-refractivity contribution >= 4 is 40.7 Å². The van der Waals surface area contributed by atoms with Crippen molar-refractivity contribution in [3.8, 4) is 17.2 Å². The Hall–Kier alpha value is -2.28. The molecule has 2 aromatic carbocycles. The number of aryl methyl sites for hydroxylation is 1. The first kappa shape index (κ1) is 20.5.